The number of aryl methyl sites for hydroxylation is 1. The molecule has 0 aliphatic carbocycles. The molecule has 0 saturated heterocycles. The summed E-state index contributed by atoms with van der Waals surface area (Å²) in [6.45, 7) is 14.8. The molecule has 0 radical (unpaired) electrons. The fourth-order valence-corrected chi connectivity index (χ4v) is 7.60. The first kappa shape index (κ1) is 47.7. The number of hydrogen-bond donors (Lipinski definition) is 5. The molecule has 4 amide bonds. The molecule has 64 heavy (non-hydrogen) atoms. The Morgan fingerprint density at radius 2 is 1.53 bits per heavy atom. The predicted octanol–water partition coefficient (Wildman–Crippen LogP) is 6.97. The molecule has 0 spiro atoms. The molecule has 1 aliphatic heterocycles. The minimum atomic E-state index is -0.516. The second kappa shape index (κ2) is 22.8. The molecule has 3 aromatic carbocycles. The van der Waals surface area contributed by atoms with Gasteiger partial charge in [0.05, 0.1) is 24.0 Å². The van der Waals surface area contributed by atoms with E-state index in [2.05, 4.69) is 73.5 Å². The van der Waals surface area contributed by atoms with Gasteiger partial charge in [0.25, 0.3) is 5.91 Å². The number of unbranched alkanes of at least 4 members (excludes halogenated alkanes) is 2. The summed E-state index contributed by atoms with van der Waals surface area (Å²) in [7, 11) is 0. The standard InChI is InChI=1S/C50H69N9O5/c1-49(2,3)26-25-42(60)40(52)18-11-13-27-53-44(62)23-24-45(63)58-32-35-15-7-8-16-37(35)47-46(39-17-9-10-19-41(39)58)56-57-59(47)28-14-12-20-43(61)54-31-34-21-22-38(36(29-34)30-51)48(64)55-33-50(4,5)6/h7-10,15-17,19,21-22,29,40H,11-14,18,20,23-28,30-33,51-52H2,1-6H3,(H,53,62)(H,54,61)(H,55,64)/t40-/m0/s1/i/hD. The lowest BCUT2D eigenvalue weighted by Crippen LogP contribution is -2.33. The van der Waals surface area contributed by atoms with Crippen LogP contribution < -0.4 is 32.3 Å². The van der Waals surface area contributed by atoms with Crippen LogP contribution in [0, 0.1) is 10.8 Å². The molecule has 4 aromatic rings. The molecular formula is C50H69N9O5. The minimum Gasteiger partial charge on any atom is -0.356 e. The van der Waals surface area contributed by atoms with Crippen molar-refractivity contribution >= 4 is 35.1 Å². The number of para-hydroxylation sites is 1. The topological polar surface area (TPSA) is 207 Å². The van der Waals surface area contributed by atoms with Crippen molar-refractivity contribution in [2.75, 3.05) is 18.0 Å². The van der Waals surface area contributed by atoms with Crippen molar-refractivity contribution in [1.82, 2.24) is 30.9 Å². The molecule has 0 unspecified atom stereocenters. The first-order valence-corrected chi connectivity index (χ1v) is 22.7. The van der Waals surface area contributed by atoms with Gasteiger partial charge in [0, 0.05) is 75.1 Å². The number of carbonyl (C=O) groups excluding carboxylic acids is 5. The average Bonchev–Trinajstić information content (AvgIpc) is 3.69. The van der Waals surface area contributed by atoms with E-state index in [4.69, 9.17) is 7.15 Å². The number of Topliss-reactive ketones (excluding diaryl/α,β-unsaturated/α-hetero) is 1. The number of ketones is 1. The third-order valence-corrected chi connectivity index (χ3v) is 11.3. The maximum atomic E-state index is 14.0. The Hall–Kier alpha value is -5.73. The van der Waals surface area contributed by atoms with Gasteiger partial charge in [-0.3, -0.25) is 24.0 Å². The van der Waals surface area contributed by atoms with Gasteiger partial charge in [-0.05, 0) is 78.2 Å². The smallest absolute Gasteiger partial charge is 0.251 e. The zero-order chi connectivity index (χ0) is 47.1. The number of nitrogens with two attached hydrogens (primary N) is 2. The fraction of sp³-hybridized carbons (Fsp3) is 0.500. The van der Waals surface area contributed by atoms with Crippen LogP contribution in [0.2, 0.25) is 1.41 Å². The molecule has 14 nitrogen and oxygen atoms in total. The van der Waals surface area contributed by atoms with Crippen molar-refractivity contribution in [3.8, 4) is 22.5 Å². The van der Waals surface area contributed by atoms with Crippen LogP contribution in [0.3, 0.4) is 0 Å². The third kappa shape index (κ3) is 14.4. The van der Waals surface area contributed by atoms with Crippen LogP contribution in [0.1, 0.15) is 133 Å². The summed E-state index contributed by atoms with van der Waals surface area (Å²) in [5.74, 6) is -0.607. The summed E-state index contributed by atoms with van der Waals surface area (Å²) in [5, 5.41) is 18.1. The molecular weight excluding hydrogens is 807 g/mol. The maximum absolute atomic E-state index is 14.0. The van der Waals surface area contributed by atoms with E-state index in [1.54, 1.807) is 11.0 Å². The Balaban J connectivity index is 1.14. The molecule has 14 heteroatoms. The number of benzene rings is 3. The Labute approximate surface area is 380 Å². The highest BCUT2D eigenvalue weighted by atomic mass is 16.2. The average molecular weight is 877 g/mol. The van der Waals surface area contributed by atoms with Gasteiger partial charge in [-0.2, -0.15) is 0 Å². The van der Waals surface area contributed by atoms with E-state index in [0.29, 0.717) is 88.1 Å². The number of hydrogen-bond acceptors (Lipinski definition) is 9. The van der Waals surface area contributed by atoms with E-state index in [1.807, 2.05) is 65.3 Å². The second-order valence-electron chi connectivity index (χ2n) is 19.3. The first-order chi connectivity index (χ1) is 31.0. The van der Waals surface area contributed by atoms with Gasteiger partial charge in [0.15, 0.2) is 0 Å². The number of carbonyl (C=O) groups is 5. The number of nitrogens with one attached hydrogen (secondary N) is 3. The summed E-state index contributed by atoms with van der Waals surface area (Å²) in [5.41, 5.74) is 15.3. The number of amides is 4. The van der Waals surface area contributed by atoms with E-state index in [-0.39, 0.29) is 66.2 Å². The van der Waals surface area contributed by atoms with Crippen LogP contribution in [0.5, 0.6) is 0 Å². The van der Waals surface area contributed by atoms with Crippen molar-refractivity contribution < 1.29 is 25.4 Å². The molecule has 0 bridgehead atoms. The summed E-state index contributed by atoms with van der Waals surface area (Å²) >= 11 is 0. The van der Waals surface area contributed by atoms with Gasteiger partial charge < -0.3 is 32.3 Å². The highest BCUT2D eigenvalue weighted by molar-refractivity contribution is 6.01. The third-order valence-electron chi connectivity index (χ3n) is 11.3. The molecule has 5 rings (SSSR count). The van der Waals surface area contributed by atoms with Gasteiger partial charge in [-0.15, -0.1) is 5.10 Å². The number of aromatic nitrogens is 3. The van der Waals surface area contributed by atoms with Gasteiger partial charge >= 0.3 is 0 Å². The van der Waals surface area contributed by atoms with Gasteiger partial charge in [0.2, 0.25) is 17.7 Å². The SMILES string of the molecule is [2H]N[C@@H](CCCCNC(=O)CCC(=O)N1Cc2ccccc2-c2c(nnn2CCCCC(=O)NCc2ccc(C(=O)NCC(C)(C)C)c(CN)c2)-c2ccccc21)C(=O)CCC(C)(C)C. The molecule has 7 N–H and O–H groups in total. The maximum Gasteiger partial charge on any atom is 0.251 e. The normalized spacial score (nSPS) is 13.0. The highest BCUT2D eigenvalue weighted by Gasteiger charge is 2.29. The van der Waals surface area contributed by atoms with Crippen molar-refractivity contribution in [3.63, 3.8) is 0 Å². The van der Waals surface area contributed by atoms with E-state index < -0.39 is 6.04 Å². The molecule has 0 fully saturated rings. The highest BCUT2D eigenvalue weighted by Crippen LogP contribution is 2.41. The molecule has 0 saturated carbocycles. The summed E-state index contributed by atoms with van der Waals surface area (Å²) in [6.07, 6.45) is 4.74. The van der Waals surface area contributed by atoms with Crippen LogP contribution in [0.15, 0.2) is 66.7 Å². The van der Waals surface area contributed by atoms with E-state index in [0.717, 1.165) is 39.9 Å². The number of anilines is 1. The van der Waals surface area contributed by atoms with Crippen LogP contribution in [-0.2, 0) is 45.4 Å². The lowest BCUT2D eigenvalue weighted by Gasteiger charge is -2.28. The minimum absolute atomic E-state index is 0.0141. The molecule has 1 atom stereocenters. The zero-order valence-electron chi connectivity index (χ0n) is 39.6. The summed E-state index contributed by atoms with van der Waals surface area (Å²) < 4.78 is 9.49. The van der Waals surface area contributed by atoms with Crippen LogP contribution in [0.4, 0.5) is 5.69 Å². The van der Waals surface area contributed by atoms with Crippen LogP contribution >= 0.6 is 0 Å². The van der Waals surface area contributed by atoms with E-state index in [9.17, 15) is 24.0 Å². The quantitative estimate of drug-likeness (QED) is 0.0516. The number of rotatable bonds is 22. The Kier molecular flexibility index (Phi) is 17.0. The molecule has 344 valence electrons. The van der Waals surface area contributed by atoms with Crippen molar-refractivity contribution in [3.05, 3.63) is 89.0 Å². The Morgan fingerprint density at radius 1 is 0.797 bits per heavy atom. The van der Waals surface area contributed by atoms with E-state index >= 15 is 0 Å². The van der Waals surface area contributed by atoms with Gasteiger partial charge in [0.1, 0.15) is 12.9 Å². The molecule has 1 aromatic heterocycles. The van der Waals surface area contributed by atoms with Crippen LogP contribution in [0.25, 0.3) is 22.5 Å². The predicted molar refractivity (Wildman–Crippen MR) is 252 cm³/mol. The summed E-state index contributed by atoms with van der Waals surface area (Å²) in [4.78, 5) is 66.9. The number of fused-ring (bicyclic) bond motifs is 5. The largest absolute Gasteiger partial charge is 0.356 e. The Morgan fingerprint density at radius 3 is 2.27 bits per heavy atom. The lowest BCUT2D eigenvalue weighted by atomic mass is 9.88. The lowest BCUT2D eigenvalue weighted by molar-refractivity contribution is -0.125. The van der Waals surface area contributed by atoms with Gasteiger partial charge in [-0.25, -0.2) is 4.68 Å². The number of nitrogens with zero attached hydrogens (tertiary/aromatic N) is 4. The van der Waals surface area contributed by atoms with E-state index in [1.165, 1.54) is 0 Å². The van der Waals surface area contributed by atoms with Crippen LogP contribution in [-0.4, -0.2) is 63.5 Å². The molecule has 1 aliphatic rings. The monoisotopic (exact) mass is 877 g/mol. The second-order valence-corrected chi connectivity index (χ2v) is 19.3. The first-order valence-electron chi connectivity index (χ1n) is 23.2. The van der Waals surface area contributed by atoms with Crippen molar-refractivity contribution in [2.24, 2.45) is 22.3 Å². The zero-order valence-corrected chi connectivity index (χ0v) is 38.6. The van der Waals surface area contributed by atoms with Crippen molar-refractivity contribution in [1.29, 1.82) is 0 Å². The molecule has 2 heterocycles. The summed E-state index contributed by atoms with van der Waals surface area (Å²) in [6, 6.07) is 20.5. The Bertz CT molecular complexity index is 2280. The fourth-order valence-electron chi connectivity index (χ4n) is 7.60. The van der Waals surface area contributed by atoms with Gasteiger partial charge in [-0.1, -0.05) is 101 Å². The van der Waals surface area contributed by atoms with Crippen molar-refractivity contribution in [2.45, 2.75) is 138 Å².